The third kappa shape index (κ3) is 3.11. The first kappa shape index (κ1) is 15.3. The maximum atomic E-state index is 6.13. The Hall–Kier alpha value is -0.620. The van der Waals surface area contributed by atoms with Crippen LogP contribution in [0.2, 0.25) is 0 Å². The third-order valence-corrected chi connectivity index (χ3v) is 6.07. The Balaban J connectivity index is 1.82. The van der Waals surface area contributed by atoms with Crippen molar-refractivity contribution in [3.63, 3.8) is 0 Å². The summed E-state index contributed by atoms with van der Waals surface area (Å²) in [5.41, 5.74) is 5.55. The third-order valence-electron chi connectivity index (χ3n) is 4.85. The van der Waals surface area contributed by atoms with Gasteiger partial charge in [-0.05, 0) is 49.0 Å². The summed E-state index contributed by atoms with van der Waals surface area (Å²) in [5, 5.41) is 0. The minimum atomic E-state index is 0.0871. The molecule has 0 aliphatic carbocycles. The molecule has 3 rings (SSSR count). The normalized spacial score (nSPS) is 30.7. The Morgan fingerprint density at radius 1 is 1.62 bits per heavy atom. The predicted molar refractivity (Wildman–Crippen MR) is 87.0 cm³/mol. The van der Waals surface area contributed by atoms with E-state index in [1.807, 2.05) is 24.0 Å². The number of hydrogen-bond donors (Lipinski definition) is 2. The molecular formula is C16H25N3OS. The number of hydrogen-bond acceptors (Lipinski definition) is 5. The van der Waals surface area contributed by atoms with Crippen molar-refractivity contribution in [1.82, 2.24) is 10.4 Å². The van der Waals surface area contributed by atoms with Crippen LogP contribution in [0.1, 0.15) is 43.5 Å². The van der Waals surface area contributed by atoms with Crippen molar-refractivity contribution < 1.29 is 4.74 Å². The van der Waals surface area contributed by atoms with Gasteiger partial charge in [0.25, 0.3) is 0 Å². The van der Waals surface area contributed by atoms with Gasteiger partial charge in [0.1, 0.15) is 0 Å². The molecule has 0 aromatic carbocycles. The maximum absolute atomic E-state index is 6.13. The van der Waals surface area contributed by atoms with Crippen molar-refractivity contribution in [2.24, 2.45) is 11.8 Å². The SMILES string of the molecule is CCc1cccnc1C(NN)C1CCOC2(CCSC2)C1. The van der Waals surface area contributed by atoms with Crippen LogP contribution in [0.4, 0.5) is 0 Å². The minimum absolute atomic E-state index is 0.0871. The fraction of sp³-hybridized carbons (Fsp3) is 0.688. The number of nitrogens with one attached hydrogen (secondary N) is 1. The van der Waals surface area contributed by atoms with Gasteiger partial charge in [-0.3, -0.25) is 16.3 Å². The van der Waals surface area contributed by atoms with Gasteiger partial charge in [-0.15, -0.1) is 0 Å². The van der Waals surface area contributed by atoms with Crippen molar-refractivity contribution in [3.8, 4) is 0 Å². The standard InChI is InChI=1S/C16H25N3OS/c1-2-12-4-3-7-18-14(12)15(19-17)13-5-8-20-16(10-13)6-9-21-11-16/h3-4,7,13,15,19H,2,5-6,8-11,17H2,1H3. The van der Waals surface area contributed by atoms with Gasteiger partial charge < -0.3 is 4.74 Å². The van der Waals surface area contributed by atoms with Crippen molar-refractivity contribution in [2.75, 3.05) is 18.1 Å². The number of nitrogens with zero attached hydrogens (tertiary/aromatic N) is 1. The number of nitrogens with two attached hydrogens (primary N) is 1. The molecule has 4 nitrogen and oxygen atoms in total. The number of hydrazine groups is 1. The topological polar surface area (TPSA) is 60.2 Å². The zero-order chi connectivity index (χ0) is 14.7. The number of ether oxygens (including phenoxy) is 1. The van der Waals surface area contributed by atoms with Crippen LogP contribution in [0, 0.1) is 5.92 Å². The summed E-state index contributed by atoms with van der Waals surface area (Å²) in [6, 6.07) is 4.30. The molecule has 2 saturated heterocycles. The van der Waals surface area contributed by atoms with Gasteiger partial charge in [0, 0.05) is 18.6 Å². The molecule has 1 spiro atoms. The quantitative estimate of drug-likeness (QED) is 0.661. The first-order chi connectivity index (χ1) is 10.3. The van der Waals surface area contributed by atoms with E-state index in [1.165, 1.54) is 17.7 Å². The van der Waals surface area contributed by atoms with Gasteiger partial charge in [0.2, 0.25) is 0 Å². The Kier molecular flexibility index (Phi) is 4.84. The fourth-order valence-electron chi connectivity index (χ4n) is 3.68. The molecule has 3 N–H and O–H groups in total. The molecule has 3 atom stereocenters. The average Bonchev–Trinajstić information content (AvgIpc) is 2.96. The van der Waals surface area contributed by atoms with Crippen LogP contribution in [0.15, 0.2) is 18.3 Å². The molecule has 2 fully saturated rings. The molecule has 0 saturated carbocycles. The Morgan fingerprint density at radius 3 is 3.24 bits per heavy atom. The first-order valence-corrected chi connectivity index (χ1v) is 9.05. The van der Waals surface area contributed by atoms with Crippen molar-refractivity contribution in [3.05, 3.63) is 29.6 Å². The summed E-state index contributed by atoms with van der Waals surface area (Å²) in [7, 11) is 0. The van der Waals surface area contributed by atoms with Gasteiger partial charge in [-0.1, -0.05) is 13.0 Å². The number of aromatic nitrogens is 1. The molecule has 116 valence electrons. The number of aryl methyl sites for hydroxylation is 1. The number of thioether (sulfide) groups is 1. The largest absolute Gasteiger partial charge is 0.374 e. The lowest BCUT2D eigenvalue weighted by molar-refractivity contribution is -0.0857. The second-order valence-electron chi connectivity index (χ2n) is 6.13. The highest BCUT2D eigenvalue weighted by Crippen LogP contribution is 2.43. The zero-order valence-electron chi connectivity index (χ0n) is 12.7. The summed E-state index contributed by atoms with van der Waals surface area (Å²) in [6.45, 7) is 3.02. The first-order valence-electron chi connectivity index (χ1n) is 7.89. The van der Waals surface area contributed by atoms with E-state index in [2.05, 4.69) is 23.4 Å². The lowest BCUT2D eigenvalue weighted by Gasteiger charge is -2.40. The highest BCUT2D eigenvalue weighted by atomic mass is 32.2. The van der Waals surface area contributed by atoms with Crippen molar-refractivity contribution in [1.29, 1.82) is 0 Å². The van der Waals surface area contributed by atoms with Gasteiger partial charge in [-0.25, -0.2) is 0 Å². The molecule has 0 radical (unpaired) electrons. The van der Waals surface area contributed by atoms with Crippen molar-refractivity contribution >= 4 is 11.8 Å². The number of rotatable bonds is 4. The highest BCUT2D eigenvalue weighted by molar-refractivity contribution is 7.99. The van der Waals surface area contributed by atoms with E-state index in [0.717, 1.165) is 37.3 Å². The van der Waals surface area contributed by atoms with Gasteiger partial charge in [0.05, 0.1) is 17.3 Å². The van der Waals surface area contributed by atoms with Crippen molar-refractivity contribution in [2.45, 2.75) is 44.2 Å². The van der Waals surface area contributed by atoms with Crippen LogP contribution < -0.4 is 11.3 Å². The molecule has 0 bridgehead atoms. The van der Waals surface area contributed by atoms with Gasteiger partial charge >= 0.3 is 0 Å². The monoisotopic (exact) mass is 307 g/mol. The second-order valence-corrected chi connectivity index (χ2v) is 7.24. The fourth-order valence-corrected chi connectivity index (χ4v) is 5.06. The second kappa shape index (κ2) is 6.65. The van der Waals surface area contributed by atoms with E-state index in [0.29, 0.717) is 5.92 Å². The summed E-state index contributed by atoms with van der Waals surface area (Å²) in [4.78, 5) is 4.62. The maximum Gasteiger partial charge on any atom is 0.0783 e. The highest BCUT2D eigenvalue weighted by Gasteiger charge is 2.43. The summed E-state index contributed by atoms with van der Waals surface area (Å²) in [6.07, 6.45) is 6.19. The van der Waals surface area contributed by atoms with E-state index in [1.54, 1.807) is 0 Å². The molecule has 5 heteroatoms. The van der Waals surface area contributed by atoms with E-state index >= 15 is 0 Å². The molecule has 3 heterocycles. The molecule has 2 aliphatic rings. The van der Waals surface area contributed by atoms with E-state index in [9.17, 15) is 0 Å². The molecule has 1 aromatic heterocycles. The summed E-state index contributed by atoms with van der Waals surface area (Å²) in [5.74, 6) is 8.76. The Labute approximate surface area is 131 Å². The molecular weight excluding hydrogens is 282 g/mol. The van der Waals surface area contributed by atoms with Gasteiger partial charge in [0.15, 0.2) is 0 Å². The smallest absolute Gasteiger partial charge is 0.0783 e. The van der Waals surface area contributed by atoms with E-state index in [-0.39, 0.29) is 11.6 Å². The zero-order valence-corrected chi connectivity index (χ0v) is 13.5. The lowest BCUT2D eigenvalue weighted by atomic mass is 9.79. The molecule has 1 aromatic rings. The van der Waals surface area contributed by atoms with Crippen LogP contribution in [0.25, 0.3) is 0 Å². The molecule has 3 unspecified atom stereocenters. The minimum Gasteiger partial charge on any atom is -0.374 e. The summed E-state index contributed by atoms with van der Waals surface area (Å²) < 4.78 is 6.13. The molecule has 0 amide bonds. The predicted octanol–water partition coefficient (Wildman–Crippen LogP) is 2.45. The van der Waals surface area contributed by atoms with Crippen LogP contribution in [0.3, 0.4) is 0 Å². The molecule has 2 aliphatic heterocycles. The Bertz CT molecular complexity index is 476. The molecule has 21 heavy (non-hydrogen) atoms. The number of pyridine rings is 1. The lowest BCUT2D eigenvalue weighted by Crippen LogP contribution is -2.45. The van der Waals surface area contributed by atoms with E-state index < -0.39 is 0 Å². The van der Waals surface area contributed by atoms with Gasteiger partial charge in [-0.2, -0.15) is 11.8 Å². The van der Waals surface area contributed by atoms with Crippen LogP contribution in [-0.2, 0) is 11.2 Å². The van der Waals surface area contributed by atoms with E-state index in [4.69, 9.17) is 10.6 Å². The van der Waals surface area contributed by atoms with Crippen LogP contribution in [0.5, 0.6) is 0 Å². The Morgan fingerprint density at radius 2 is 2.52 bits per heavy atom. The van der Waals surface area contributed by atoms with Crippen LogP contribution in [-0.4, -0.2) is 28.7 Å². The average molecular weight is 307 g/mol. The van der Waals surface area contributed by atoms with Crippen LogP contribution >= 0.6 is 11.8 Å². The summed E-state index contributed by atoms with van der Waals surface area (Å²) >= 11 is 2.01.